The van der Waals surface area contributed by atoms with Gasteiger partial charge in [0.2, 0.25) is 5.91 Å². The molecule has 0 aliphatic carbocycles. The van der Waals surface area contributed by atoms with Gasteiger partial charge in [0.25, 0.3) is 0 Å². The Kier molecular flexibility index (Phi) is 6.22. The van der Waals surface area contributed by atoms with E-state index in [0.29, 0.717) is 32.7 Å². The molecule has 2 atom stereocenters. The highest BCUT2D eigenvalue weighted by Gasteiger charge is 2.31. The second kappa shape index (κ2) is 7.24. The number of amides is 1. The van der Waals surface area contributed by atoms with Crippen LogP contribution in [-0.4, -0.2) is 78.4 Å². The van der Waals surface area contributed by atoms with Crippen LogP contribution in [0, 0.1) is 0 Å². The van der Waals surface area contributed by atoms with Crippen molar-refractivity contribution < 1.29 is 23.1 Å². The summed E-state index contributed by atoms with van der Waals surface area (Å²) in [4.78, 5) is 15.6. The molecular weight excluding hydrogens is 275 g/mol. The molecule has 0 aromatic carbocycles. The lowest BCUT2D eigenvalue weighted by molar-refractivity contribution is -0.141. The lowest BCUT2D eigenvalue weighted by Crippen LogP contribution is -2.55. The molecule has 0 spiro atoms. The summed E-state index contributed by atoms with van der Waals surface area (Å²) in [5.74, 6) is -0.605. The Hall–Kier alpha value is -0.860. The molecule has 20 heavy (non-hydrogen) atoms. The number of halogens is 3. The summed E-state index contributed by atoms with van der Waals surface area (Å²) < 4.78 is 36.1. The van der Waals surface area contributed by atoms with Gasteiger partial charge < -0.3 is 10.4 Å². The number of carbonyl (C=O) groups excluding carboxylic acids is 1. The van der Waals surface area contributed by atoms with Crippen molar-refractivity contribution in [1.82, 2.24) is 15.1 Å². The minimum atomic E-state index is -4.38. The molecule has 1 saturated heterocycles. The van der Waals surface area contributed by atoms with Crippen LogP contribution in [0.2, 0.25) is 0 Å². The third-order valence-corrected chi connectivity index (χ3v) is 3.32. The highest BCUT2D eigenvalue weighted by atomic mass is 19.4. The van der Waals surface area contributed by atoms with Crippen LogP contribution in [0.15, 0.2) is 0 Å². The predicted octanol–water partition coefficient (Wildman–Crippen LogP) is 0.0518. The maximum Gasteiger partial charge on any atom is 0.405 e. The fraction of sp³-hybridized carbons (Fsp3) is 0.917. The molecule has 0 radical (unpaired) electrons. The third kappa shape index (κ3) is 6.06. The molecule has 0 unspecified atom stereocenters. The van der Waals surface area contributed by atoms with Crippen LogP contribution >= 0.6 is 0 Å². The highest BCUT2D eigenvalue weighted by Crippen LogP contribution is 2.13. The average Bonchev–Trinajstić information content (AvgIpc) is 2.34. The lowest BCUT2D eigenvalue weighted by atomic mass is 10.2. The maximum atomic E-state index is 12.0. The van der Waals surface area contributed by atoms with Gasteiger partial charge in [-0.3, -0.25) is 14.6 Å². The summed E-state index contributed by atoms with van der Waals surface area (Å²) in [6, 6.07) is -0.578. The standard InChI is InChI=1S/C12H22F3N3O2/c1-9(19)7-17-3-5-18(6-4-17)10(2)11(20)16-8-12(13,14)15/h9-10,19H,3-8H2,1-2H3,(H,16,20)/t9-,10-/m1/s1. The Bertz CT molecular complexity index is 316. The zero-order chi connectivity index (χ0) is 15.3. The van der Waals surface area contributed by atoms with Gasteiger partial charge in [0.05, 0.1) is 12.1 Å². The van der Waals surface area contributed by atoms with Crippen LogP contribution in [0.25, 0.3) is 0 Å². The number of nitrogens with zero attached hydrogens (tertiary/aromatic N) is 2. The van der Waals surface area contributed by atoms with Gasteiger partial charge in [-0.25, -0.2) is 0 Å². The first-order valence-corrected chi connectivity index (χ1v) is 6.68. The number of rotatable bonds is 5. The van der Waals surface area contributed by atoms with Crippen LogP contribution in [0.5, 0.6) is 0 Å². The summed E-state index contributed by atoms with van der Waals surface area (Å²) in [5.41, 5.74) is 0. The fourth-order valence-corrected chi connectivity index (χ4v) is 2.21. The van der Waals surface area contributed by atoms with Crippen molar-refractivity contribution >= 4 is 5.91 Å². The zero-order valence-corrected chi connectivity index (χ0v) is 11.8. The first-order chi connectivity index (χ1) is 9.19. The molecule has 0 aromatic rings. The summed E-state index contributed by atoms with van der Waals surface area (Å²) in [5, 5.41) is 11.2. The number of alkyl halides is 3. The molecule has 2 N–H and O–H groups in total. The first-order valence-electron chi connectivity index (χ1n) is 6.68. The molecule has 1 aliphatic rings. The Labute approximate surface area is 116 Å². The SMILES string of the molecule is C[C@H](C(=O)NCC(F)(F)F)N1CCN(C[C@@H](C)O)CC1. The minimum absolute atomic E-state index is 0.408. The van der Waals surface area contributed by atoms with Gasteiger partial charge in [-0.05, 0) is 13.8 Å². The summed E-state index contributed by atoms with van der Waals surface area (Å²) >= 11 is 0. The van der Waals surface area contributed by atoms with E-state index in [1.807, 2.05) is 10.2 Å². The molecule has 8 heteroatoms. The van der Waals surface area contributed by atoms with Crippen LogP contribution in [0.4, 0.5) is 13.2 Å². The fourth-order valence-electron chi connectivity index (χ4n) is 2.21. The number of aliphatic hydroxyl groups is 1. The van der Waals surface area contributed by atoms with Gasteiger partial charge in [-0.15, -0.1) is 0 Å². The van der Waals surface area contributed by atoms with E-state index < -0.39 is 30.8 Å². The molecule has 0 saturated carbocycles. The van der Waals surface area contributed by atoms with Crippen LogP contribution in [0.1, 0.15) is 13.8 Å². The Morgan fingerprint density at radius 2 is 1.80 bits per heavy atom. The Morgan fingerprint density at radius 1 is 1.25 bits per heavy atom. The molecule has 0 bridgehead atoms. The maximum absolute atomic E-state index is 12.0. The number of aliphatic hydroxyl groups excluding tert-OH is 1. The predicted molar refractivity (Wildman–Crippen MR) is 68.2 cm³/mol. The van der Waals surface area contributed by atoms with E-state index >= 15 is 0 Å². The number of carbonyl (C=O) groups is 1. The quantitative estimate of drug-likeness (QED) is 0.753. The molecule has 5 nitrogen and oxygen atoms in total. The van der Waals surface area contributed by atoms with Crippen molar-refractivity contribution in [2.24, 2.45) is 0 Å². The molecule has 1 fully saturated rings. The van der Waals surface area contributed by atoms with E-state index in [0.717, 1.165) is 0 Å². The third-order valence-electron chi connectivity index (χ3n) is 3.32. The highest BCUT2D eigenvalue weighted by molar-refractivity contribution is 5.81. The second-order valence-corrected chi connectivity index (χ2v) is 5.19. The molecule has 118 valence electrons. The van der Waals surface area contributed by atoms with Gasteiger partial charge in [0.1, 0.15) is 6.54 Å². The number of nitrogens with one attached hydrogen (secondary N) is 1. The normalized spacial score (nSPS) is 21.5. The van der Waals surface area contributed by atoms with E-state index in [4.69, 9.17) is 0 Å². The molecule has 1 aliphatic heterocycles. The molecule has 0 aromatic heterocycles. The molecule has 1 rings (SSSR count). The largest absolute Gasteiger partial charge is 0.405 e. The van der Waals surface area contributed by atoms with E-state index in [-0.39, 0.29) is 0 Å². The average molecular weight is 297 g/mol. The zero-order valence-electron chi connectivity index (χ0n) is 11.8. The van der Waals surface area contributed by atoms with Gasteiger partial charge in [0, 0.05) is 32.7 Å². The molecule has 1 amide bonds. The van der Waals surface area contributed by atoms with E-state index in [1.165, 1.54) is 0 Å². The number of hydrogen-bond donors (Lipinski definition) is 2. The van der Waals surface area contributed by atoms with Crippen molar-refractivity contribution in [3.05, 3.63) is 0 Å². The van der Waals surface area contributed by atoms with Crippen molar-refractivity contribution in [2.75, 3.05) is 39.3 Å². The number of β-amino-alcohol motifs (C(OH)–C–C–N with tert-alkyl or cyclic N) is 1. The molecule has 1 heterocycles. The van der Waals surface area contributed by atoms with Crippen LogP contribution < -0.4 is 5.32 Å². The van der Waals surface area contributed by atoms with E-state index in [9.17, 15) is 23.1 Å². The van der Waals surface area contributed by atoms with Gasteiger partial charge in [-0.1, -0.05) is 0 Å². The van der Waals surface area contributed by atoms with Crippen molar-refractivity contribution in [3.63, 3.8) is 0 Å². The van der Waals surface area contributed by atoms with Crippen molar-refractivity contribution in [3.8, 4) is 0 Å². The minimum Gasteiger partial charge on any atom is -0.392 e. The van der Waals surface area contributed by atoms with E-state index in [2.05, 4.69) is 4.90 Å². The van der Waals surface area contributed by atoms with Gasteiger partial charge in [-0.2, -0.15) is 13.2 Å². The first kappa shape index (κ1) is 17.2. The van der Waals surface area contributed by atoms with Crippen LogP contribution in [0.3, 0.4) is 0 Å². The van der Waals surface area contributed by atoms with Crippen LogP contribution in [-0.2, 0) is 4.79 Å². The Morgan fingerprint density at radius 3 is 2.25 bits per heavy atom. The summed E-state index contributed by atoms with van der Waals surface area (Å²) in [6.45, 7) is 5.19. The van der Waals surface area contributed by atoms with Crippen molar-refractivity contribution in [2.45, 2.75) is 32.2 Å². The second-order valence-electron chi connectivity index (χ2n) is 5.19. The number of piperazine rings is 1. The van der Waals surface area contributed by atoms with Gasteiger partial charge >= 0.3 is 6.18 Å². The van der Waals surface area contributed by atoms with Gasteiger partial charge in [0.15, 0.2) is 0 Å². The van der Waals surface area contributed by atoms with E-state index in [1.54, 1.807) is 13.8 Å². The Balaban J connectivity index is 2.34. The topological polar surface area (TPSA) is 55.8 Å². The monoisotopic (exact) mass is 297 g/mol. The van der Waals surface area contributed by atoms with Crippen molar-refractivity contribution in [1.29, 1.82) is 0 Å². The smallest absolute Gasteiger partial charge is 0.392 e. The summed E-state index contributed by atoms with van der Waals surface area (Å²) in [6.07, 6.45) is -4.79. The molecular formula is C12H22F3N3O2. The summed E-state index contributed by atoms with van der Waals surface area (Å²) in [7, 11) is 0. The number of hydrogen-bond acceptors (Lipinski definition) is 4. The lowest BCUT2D eigenvalue weighted by Gasteiger charge is -2.37.